The number of ether oxygens (including phenoxy) is 2. The number of hydrogen-bond donors (Lipinski definition) is 0. The van der Waals surface area contributed by atoms with Gasteiger partial charge in [0.25, 0.3) is 0 Å². The predicted octanol–water partition coefficient (Wildman–Crippen LogP) is 2.31. The Morgan fingerprint density at radius 2 is 2.06 bits per heavy atom. The highest BCUT2D eigenvalue weighted by molar-refractivity contribution is 5.95. The fourth-order valence-electron chi connectivity index (χ4n) is 2.05. The van der Waals surface area contributed by atoms with E-state index in [-0.39, 0.29) is 5.97 Å². The van der Waals surface area contributed by atoms with Crippen molar-refractivity contribution in [2.75, 3.05) is 7.11 Å². The molecule has 3 heteroatoms. The maximum atomic E-state index is 11.2. The van der Waals surface area contributed by atoms with E-state index in [2.05, 4.69) is 0 Å². The molecule has 3 nitrogen and oxygen atoms in total. The number of methoxy groups -OCH3 is 1. The van der Waals surface area contributed by atoms with Crippen molar-refractivity contribution in [2.24, 2.45) is 0 Å². The molecule has 0 radical (unpaired) electrons. The van der Waals surface area contributed by atoms with Gasteiger partial charge in [-0.15, -0.1) is 0 Å². The van der Waals surface area contributed by atoms with Crippen LogP contribution < -0.4 is 9.47 Å². The van der Waals surface area contributed by atoms with Crippen molar-refractivity contribution in [3.05, 3.63) is 35.9 Å². The van der Waals surface area contributed by atoms with Crippen LogP contribution in [-0.4, -0.2) is 13.1 Å². The van der Waals surface area contributed by atoms with Crippen molar-refractivity contribution in [3.8, 4) is 11.5 Å². The summed E-state index contributed by atoms with van der Waals surface area (Å²) in [5.74, 6) is 1.27. The molecule has 0 spiro atoms. The average Bonchev–Trinajstić information content (AvgIpc) is 2.69. The molecule has 0 saturated carbocycles. The lowest BCUT2D eigenvalue weighted by Crippen LogP contribution is -2.00. The second-order valence-corrected chi connectivity index (χ2v) is 3.78. The quantitative estimate of drug-likeness (QED) is 0.539. The molecule has 16 heavy (non-hydrogen) atoms. The Bertz CT molecular complexity index is 587. The van der Waals surface area contributed by atoms with Crippen molar-refractivity contribution in [3.63, 3.8) is 0 Å². The standard InChI is InChI=1S/C13H10O3/c1-15-9-4-2-8-3-5-12-11(10(8)6-9)7-13(14)16-12/h2-6H,7H2,1H3. The molecule has 0 atom stereocenters. The maximum Gasteiger partial charge on any atom is 0.315 e. The van der Waals surface area contributed by atoms with Gasteiger partial charge in [-0.1, -0.05) is 12.1 Å². The fraction of sp³-hybridized carbons (Fsp3) is 0.154. The van der Waals surface area contributed by atoms with Gasteiger partial charge in [0.15, 0.2) is 0 Å². The number of carbonyl (C=O) groups is 1. The van der Waals surface area contributed by atoms with E-state index in [9.17, 15) is 4.79 Å². The number of fused-ring (bicyclic) bond motifs is 3. The Morgan fingerprint density at radius 1 is 1.25 bits per heavy atom. The van der Waals surface area contributed by atoms with E-state index < -0.39 is 0 Å². The summed E-state index contributed by atoms with van der Waals surface area (Å²) in [6.45, 7) is 0. The minimum atomic E-state index is -0.190. The monoisotopic (exact) mass is 214 g/mol. The number of carbonyl (C=O) groups excluding carboxylic acids is 1. The minimum Gasteiger partial charge on any atom is -0.497 e. The first-order chi connectivity index (χ1) is 7.78. The van der Waals surface area contributed by atoms with Gasteiger partial charge >= 0.3 is 5.97 Å². The fourth-order valence-corrected chi connectivity index (χ4v) is 2.05. The van der Waals surface area contributed by atoms with E-state index in [0.717, 1.165) is 22.1 Å². The summed E-state index contributed by atoms with van der Waals surface area (Å²) in [6.07, 6.45) is 0.347. The molecule has 0 bridgehead atoms. The van der Waals surface area contributed by atoms with Crippen molar-refractivity contribution >= 4 is 16.7 Å². The molecule has 0 saturated heterocycles. The van der Waals surface area contributed by atoms with E-state index in [1.54, 1.807) is 7.11 Å². The minimum absolute atomic E-state index is 0.190. The molecule has 2 aromatic rings. The molecule has 1 heterocycles. The SMILES string of the molecule is COc1ccc2ccc3c(c2c1)CC(=O)O3. The van der Waals surface area contributed by atoms with Gasteiger partial charge in [0.05, 0.1) is 13.5 Å². The first-order valence-corrected chi connectivity index (χ1v) is 5.08. The van der Waals surface area contributed by atoms with Crippen LogP contribution in [0.2, 0.25) is 0 Å². The molecule has 0 aliphatic carbocycles. The van der Waals surface area contributed by atoms with E-state index in [1.165, 1.54) is 0 Å². The molecule has 2 aromatic carbocycles. The van der Waals surface area contributed by atoms with Gasteiger partial charge < -0.3 is 9.47 Å². The molecule has 1 aliphatic heterocycles. The van der Waals surface area contributed by atoms with Crippen LogP contribution in [0, 0.1) is 0 Å². The highest BCUT2D eigenvalue weighted by Crippen LogP contribution is 2.34. The Balaban J connectivity index is 2.30. The summed E-state index contributed by atoms with van der Waals surface area (Å²) in [5, 5.41) is 2.13. The van der Waals surface area contributed by atoms with Crippen LogP contribution in [0.3, 0.4) is 0 Å². The van der Waals surface area contributed by atoms with Crippen LogP contribution in [0.15, 0.2) is 30.3 Å². The van der Waals surface area contributed by atoms with E-state index in [4.69, 9.17) is 9.47 Å². The molecule has 0 fully saturated rings. The van der Waals surface area contributed by atoms with Crippen LogP contribution in [0.25, 0.3) is 10.8 Å². The summed E-state index contributed by atoms with van der Waals surface area (Å²) in [5.41, 5.74) is 0.960. The summed E-state index contributed by atoms with van der Waals surface area (Å²) in [7, 11) is 1.63. The van der Waals surface area contributed by atoms with Gasteiger partial charge in [-0.25, -0.2) is 0 Å². The molecule has 0 amide bonds. The molecule has 0 aromatic heterocycles. The van der Waals surface area contributed by atoms with Gasteiger partial charge in [-0.05, 0) is 29.0 Å². The average molecular weight is 214 g/mol. The van der Waals surface area contributed by atoms with E-state index in [0.29, 0.717) is 12.2 Å². The van der Waals surface area contributed by atoms with Crippen LogP contribution in [0.5, 0.6) is 11.5 Å². The smallest absolute Gasteiger partial charge is 0.315 e. The Morgan fingerprint density at radius 3 is 2.88 bits per heavy atom. The van der Waals surface area contributed by atoms with Gasteiger partial charge in [0.1, 0.15) is 11.5 Å². The first-order valence-electron chi connectivity index (χ1n) is 5.08. The number of esters is 1. The van der Waals surface area contributed by atoms with Crippen LogP contribution >= 0.6 is 0 Å². The van der Waals surface area contributed by atoms with Crippen molar-refractivity contribution in [1.82, 2.24) is 0 Å². The van der Waals surface area contributed by atoms with Crippen LogP contribution in [0.1, 0.15) is 5.56 Å². The zero-order valence-corrected chi connectivity index (χ0v) is 8.82. The molecule has 80 valence electrons. The van der Waals surface area contributed by atoms with E-state index >= 15 is 0 Å². The second-order valence-electron chi connectivity index (χ2n) is 3.78. The topological polar surface area (TPSA) is 35.5 Å². The summed E-state index contributed by atoms with van der Waals surface area (Å²) < 4.78 is 10.3. The number of benzene rings is 2. The predicted molar refractivity (Wildman–Crippen MR) is 59.8 cm³/mol. The van der Waals surface area contributed by atoms with Crippen molar-refractivity contribution in [1.29, 1.82) is 0 Å². The molecular formula is C13H10O3. The van der Waals surface area contributed by atoms with Gasteiger partial charge in [0, 0.05) is 5.56 Å². The summed E-state index contributed by atoms with van der Waals surface area (Å²) >= 11 is 0. The lowest BCUT2D eigenvalue weighted by atomic mass is 10.0. The Hall–Kier alpha value is -2.03. The Labute approximate surface area is 92.6 Å². The third kappa shape index (κ3) is 1.25. The van der Waals surface area contributed by atoms with Gasteiger partial charge in [-0.2, -0.15) is 0 Å². The summed E-state index contributed by atoms with van der Waals surface area (Å²) in [6, 6.07) is 9.63. The van der Waals surface area contributed by atoms with Gasteiger partial charge in [0.2, 0.25) is 0 Å². The molecule has 0 unspecified atom stereocenters. The highest BCUT2D eigenvalue weighted by Gasteiger charge is 2.22. The molecular weight excluding hydrogens is 204 g/mol. The zero-order valence-electron chi connectivity index (χ0n) is 8.82. The highest BCUT2D eigenvalue weighted by atomic mass is 16.5. The Kier molecular flexibility index (Phi) is 1.86. The van der Waals surface area contributed by atoms with E-state index in [1.807, 2.05) is 30.3 Å². The normalized spacial score (nSPS) is 13.7. The molecule has 1 aliphatic rings. The van der Waals surface area contributed by atoms with Crippen LogP contribution in [-0.2, 0) is 11.2 Å². The van der Waals surface area contributed by atoms with Crippen molar-refractivity contribution < 1.29 is 14.3 Å². The lowest BCUT2D eigenvalue weighted by molar-refractivity contribution is -0.131. The third-order valence-electron chi connectivity index (χ3n) is 2.84. The van der Waals surface area contributed by atoms with Crippen molar-refractivity contribution in [2.45, 2.75) is 6.42 Å². The lowest BCUT2D eigenvalue weighted by Gasteiger charge is -2.05. The maximum absolute atomic E-state index is 11.2. The largest absolute Gasteiger partial charge is 0.497 e. The number of rotatable bonds is 1. The second kappa shape index (κ2) is 3.23. The molecule has 3 rings (SSSR count). The summed E-state index contributed by atoms with van der Waals surface area (Å²) in [4.78, 5) is 11.2. The zero-order chi connectivity index (χ0) is 11.1. The van der Waals surface area contributed by atoms with Gasteiger partial charge in [-0.3, -0.25) is 4.79 Å². The third-order valence-corrected chi connectivity index (χ3v) is 2.84. The first kappa shape index (κ1) is 9.21. The molecule has 0 N–H and O–H groups in total. The number of hydrogen-bond acceptors (Lipinski definition) is 3. The van der Waals surface area contributed by atoms with Crippen LogP contribution in [0.4, 0.5) is 0 Å².